The number of unbranched alkanes of at least 4 members (excludes halogenated alkanes) is 1. The van der Waals surface area contributed by atoms with Gasteiger partial charge in [-0.25, -0.2) is 9.69 Å². The molecule has 0 spiro atoms. The Bertz CT molecular complexity index is 250. The lowest BCUT2D eigenvalue weighted by molar-refractivity contribution is -0.147. The van der Waals surface area contributed by atoms with Crippen molar-refractivity contribution in [3.8, 4) is 0 Å². The highest BCUT2D eigenvalue weighted by Crippen LogP contribution is 2.25. The summed E-state index contributed by atoms with van der Waals surface area (Å²) in [4.78, 5) is 24.1. The van der Waals surface area contributed by atoms with Crippen LogP contribution >= 0.6 is 0 Å². The highest BCUT2D eigenvalue weighted by molar-refractivity contribution is 5.98. The Morgan fingerprint density at radius 1 is 1.60 bits per heavy atom. The van der Waals surface area contributed by atoms with Gasteiger partial charge in [-0.2, -0.15) is 0 Å². The minimum Gasteiger partial charge on any atom is -0.449 e. The second kappa shape index (κ2) is 5.14. The normalized spacial score (nSPS) is 20.4. The molecule has 1 fully saturated rings. The van der Waals surface area contributed by atoms with Crippen molar-refractivity contribution in [2.24, 2.45) is 11.8 Å². The van der Waals surface area contributed by atoms with Crippen molar-refractivity contribution in [2.75, 3.05) is 13.2 Å². The van der Waals surface area contributed by atoms with Crippen molar-refractivity contribution in [2.45, 2.75) is 33.6 Å². The minimum absolute atomic E-state index is 0.00345. The fourth-order valence-electron chi connectivity index (χ4n) is 1.49. The van der Waals surface area contributed by atoms with Crippen LogP contribution in [0.15, 0.2) is 0 Å². The number of imide groups is 1. The van der Waals surface area contributed by atoms with E-state index in [0.717, 1.165) is 12.8 Å². The van der Waals surface area contributed by atoms with E-state index in [1.165, 1.54) is 4.90 Å². The lowest BCUT2D eigenvalue weighted by atomic mass is 9.88. The molecular weight excluding hydrogens is 194 g/mol. The summed E-state index contributed by atoms with van der Waals surface area (Å²) < 4.78 is 4.95. The third-order valence-electron chi connectivity index (χ3n) is 2.71. The molecule has 4 heteroatoms. The number of hydrogen-bond acceptors (Lipinski definition) is 3. The molecule has 2 amide bonds. The number of carbonyl (C=O) groups is 2. The van der Waals surface area contributed by atoms with E-state index in [2.05, 4.69) is 0 Å². The zero-order chi connectivity index (χ0) is 11.4. The third kappa shape index (κ3) is 2.70. The highest BCUT2D eigenvalue weighted by atomic mass is 16.6. The van der Waals surface area contributed by atoms with Crippen LogP contribution in [-0.2, 0) is 9.53 Å². The second-order valence-electron chi connectivity index (χ2n) is 4.27. The quantitative estimate of drug-likeness (QED) is 0.530. The maximum atomic E-state index is 11.5. The molecular formula is C11H19NO3. The molecule has 4 nitrogen and oxygen atoms in total. The van der Waals surface area contributed by atoms with Crippen LogP contribution in [0.3, 0.4) is 0 Å². The summed E-state index contributed by atoms with van der Waals surface area (Å²) in [6, 6.07) is 0. The number of carbonyl (C=O) groups excluding carboxylic acids is 2. The zero-order valence-corrected chi connectivity index (χ0v) is 9.66. The van der Waals surface area contributed by atoms with Crippen LogP contribution in [0, 0.1) is 11.8 Å². The topological polar surface area (TPSA) is 46.6 Å². The van der Waals surface area contributed by atoms with Gasteiger partial charge in [-0.3, -0.25) is 4.79 Å². The van der Waals surface area contributed by atoms with Crippen molar-refractivity contribution in [3.63, 3.8) is 0 Å². The van der Waals surface area contributed by atoms with Gasteiger partial charge in [0.2, 0.25) is 5.91 Å². The number of β-lactam (4-membered cyclic amide) rings is 1. The Morgan fingerprint density at radius 3 is 2.73 bits per heavy atom. The van der Waals surface area contributed by atoms with E-state index in [1.54, 1.807) is 0 Å². The van der Waals surface area contributed by atoms with Gasteiger partial charge < -0.3 is 4.74 Å². The maximum Gasteiger partial charge on any atom is 0.416 e. The van der Waals surface area contributed by atoms with Crippen LogP contribution in [0.5, 0.6) is 0 Å². The summed E-state index contributed by atoms with van der Waals surface area (Å²) in [6.45, 7) is 6.93. The summed E-state index contributed by atoms with van der Waals surface area (Å²) in [7, 11) is 0. The summed E-state index contributed by atoms with van der Waals surface area (Å²) in [5, 5.41) is 0. The Labute approximate surface area is 90.6 Å². The van der Waals surface area contributed by atoms with Crippen LogP contribution < -0.4 is 0 Å². The fourth-order valence-corrected chi connectivity index (χ4v) is 1.49. The number of hydrogen-bond donors (Lipinski definition) is 0. The summed E-state index contributed by atoms with van der Waals surface area (Å²) >= 11 is 0. The van der Waals surface area contributed by atoms with Gasteiger partial charge in [0.1, 0.15) is 0 Å². The molecule has 1 aliphatic rings. The second-order valence-corrected chi connectivity index (χ2v) is 4.27. The molecule has 0 aliphatic carbocycles. The van der Waals surface area contributed by atoms with Gasteiger partial charge in [0.05, 0.1) is 12.5 Å². The summed E-state index contributed by atoms with van der Waals surface area (Å²) in [5.41, 5.74) is 0. The lowest BCUT2D eigenvalue weighted by Crippen LogP contribution is -2.57. The Balaban J connectivity index is 2.29. The zero-order valence-electron chi connectivity index (χ0n) is 9.66. The first-order valence-electron chi connectivity index (χ1n) is 5.56. The standard InChI is InChI=1S/C11H19NO3/c1-4-5-6-15-11(14)12-7-9(8(2)3)10(12)13/h8-9H,4-7H2,1-3H3/t9-/m0/s1. The van der Waals surface area contributed by atoms with Crippen molar-refractivity contribution in [1.82, 2.24) is 4.90 Å². The van der Waals surface area contributed by atoms with Crippen LogP contribution in [0.2, 0.25) is 0 Å². The van der Waals surface area contributed by atoms with E-state index in [1.807, 2.05) is 20.8 Å². The van der Waals surface area contributed by atoms with E-state index in [0.29, 0.717) is 19.1 Å². The number of amides is 2. The van der Waals surface area contributed by atoms with E-state index < -0.39 is 6.09 Å². The lowest BCUT2D eigenvalue weighted by Gasteiger charge is -2.37. The number of ether oxygens (including phenoxy) is 1. The molecule has 0 bridgehead atoms. The predicted molar refractivity (Wildman–Crippen MR) is 56.3 cm³/mol. The largest absolute Gasteiger partial charge is 0.449 e. The average molecular weight is 213 g/mol. The van der Waals surface area contributed by atoms with Crippen LogP contribution in [0.1, 0.15) is 33.6 Å². The number of nitrogens with zero attached hydrogens (tertiary/aromatic N) is 1. The molecule has 0 N–H and O–H groups in total. The molecule has 86 valence electrons. The van der Waals surface area contributed by atoms with E-state index in [4.69, 9.17) is 4.74 Å². The SMILES string of the molecule is CCCCOC(=O)N1C[C@@H](C(C)C)C1=O. The molecule has 1 heterocycles. The summed E-state index contributed by atoms with van der Waals surface area (Å²) in [5.74, 6) is 0.215. The molecule has 1 aliphatic heterocycles. The number of likely N-dealkylation sites (tertiary alicyclic amines) is 1. The van der Waals surface area contributed by atoms with Crippen molar-refractivity contribution >= 4 is 12.0 Å². The molecule has 15 heavy (non-hydrogen) atoms. The molecule has 0 aromatic rings. The third-order valence-corrected chi connectivity index (χ3v) is 2.71. The van der Waals surface area contributed by atoms with E-state index in [9.17, 15) is 9.59 Å². The maximum absolute atomic E-state index is 11.5. The molecule has 1 atom stereocenters. The van der Waals surface area contributed by atoms with Crippen molar-refractivity contribution in [1.29, 1.82) is 0 Å². The molecule has 1 rings (SSSR count). The van der Waals surface area contributed by atoms with E-state index >= 15 is 0 Å². The molecule has 0 radical (unpaired) electrons. The Kier molecular flexibility index (Phi) is 4.12. The van der Waals surface area contributed by atoms with Gasteiger partial charge in [-0.15, -0.1) is 0 Å². The average Bonchev–Trinajstić information content (AvgIpc) is 2.15. The first-order chi connectivity index (χ1) is 7.07. The minimum atomic E-state index is -0.481. The summed E-state index contributed by atoms with van der Waals surface area (Å²) in [6.07, 6.45) is 1.35. The van der Waals surface area contributed by atoms with Gasteiger partial charge in [0.15, 0.2) is 0 Å². The van der Waals surface area contributed by atoms with Crippen LogP contribution in [0.4, 0.5) is 4.79 Å². The highest BCUT2D eigenvalue weighted by Gasteiger charge is 2.43. The smallest absolute Gasteiger partial charge is 0.416 e. The monoisotopic (exact) mass is 213 g/mol. The first kappa shape index (κ1) is 12.0. The van der Waals surface area contributed by atoms with Gasteiger partial charge >= 0.3 is 6.09 Å². The Morgan fingerprint density at radius 2 is 2.27 bits per heavy atom. The molecule has 0 saturated carbocycles. The van der Waals surface area contributed by atoms with Crippen molar-refractivity contribution in [3.05, 3.63) is 0 Å². The molecule has 1 saturated heterocycles. The first-order valence-corrected chi connectivity index (χ1v) is 5.56. The van der Waals surface area contributed by atoms with Crippen LogP contribution in [0.25, 0.3) is 0 Å². The van der Waals surface area contributed by atoms with Gasteiger partial charge in [0, 0.05) is 6.54 Å². The molecule has 0 aromatic carbocycles. The van der Waals surface area contributed by atoms with Crippen molar-refractivity contribution < 1.29 is 14.3 Å². The van der Waals surface area contributed by atoms with Crippen LogP contribution in [-0.4, -0.2) is 30.1 Å². The molecule has 0 unspecified atom stereocenters. The Hall–Kier alpha value is -1.06. The van der Waals surface area contributed by atoms with Gasteiger partial charge in [-0.1, -0.05) is 27.2 Å². The fraction of sp³-hybridized carbons (Fsp3) is 0.818. The van der Waals surface area contributed by atoms with E-state index in [-0.39, 0.29) is 11.8 Å². The predicted octanol–water partition coefficient (Wildman–Crippen LogP) is 2.04. The molecule has 0 aromatic heterocycles. The van der Waals surface area contributed by atoms with Gasteiger partial charge in [-0.05, 0) is 12.3 Å². The van der Waals surface area contributed by atoms with Gasteiger partial charge in [0.25, 0.3) is 0 Å². The number of rotatable bonds is 4.